The molecule has 0 aromatic heterocycles. The lowest BCUT2D eigenvalue weighted by atomic mass is 10.3. The van der Waals surface area contributed by atoms with Gasteiger partial charge in [0.25, 0.3) is 0 Å². The molecular weight excluding hydrogens is 313 g/mol. The fourth-order valence-electron chi connectivity index (χ4n) is 1.80. The van der Waals surface area contributed by atoms with Gasteiger partial charge in [-0.15, -0.1) is 0 Å². The second-order valence-electron chi connectivity index (χ2n) is 4.14. The van der Waals surface area contributed by atoms with Gasteiger partial charge in [0.15, 0.2) is 0 Å². The Balaban J connectivity index is 2.32. The van der Waals surface area contributed by atoms with Crippen LogP contribution < -0.4 is 15.8 Å². The van der Waals surface area contributed by atoms with Gasteiger partial charge in [-0.2, -0.15) is 0 Å². The molecule has 0 saturated carbocycles. The third kappa shape index (κ3) is 3.11. The predicted octanol–water partition coefficient (Wildman–Crippen LogP) is 0.742. The van der Waals surface area contributed by atoms with Crippen LogP contribution in [0.3, 0.4) is 0 Å². The van der Waals surface area contributed by atoms with Crippen LogP contribution in [0.25, 0.3) is 0 Å². The SMILES string of the molecule is Nc1cc(Cl)c(S(=O)(=O)NC2CNC(=O)C2)c(Cl)c1. The summed E-state index contributed by atoms with van der Waals surface area (Å²) in [5.41, 5.74) is 5.78. The van der Waals surface area contributed by atoms with Gasteiger partial charge in [0.2, 0.25) is 15.9 Å². The van der Waals surface area contributed by atoms with Crippen LogP contribution in [0.15, 0.2) is 17.0 Å². The molecule has 0 spiro atoms. The van der Waals surface area contributed by atoms with Gasteiger partial charge >= 0.3 is 0 Å². The van der Waals surface area contributed by atoms with E-state index in [1.165, 1.54) is 12.1 Å². The molecule has 0 bridgehead atoms. The van der Waals surface area contributed by atoms with Gasteiger partial charge in [-0.05, 0) is 12.1 Å². The van der Waals surface area contributed by atoms with E-state index in [0.717, 1.165) is 0 Å². The molecule has 1 aliphatic rings. The van der Waals surface area contributed by atoms with Crippen LogP contribution in [0.1, 0.15) is 6.42 Å². The standard InChI is InChI=1S/C10H11Cl2N3O3S/c11-7-1-5(13)2-8(12)10(7)19(17,18)15-6-3-9(16)14-4-6/h1-2,6,15H,3-4,13H2,(H,14,16). The summed E-state index contributed by atoms with van der Waals surface area (Å²) >= 11 is 11.7. The van der Waals surface area contributed by atoms with Crippen molar-refractivity contribution in [3.63, 3.8) is 0 Å². The monoisotopic (exact) mass is 323 g/mol. The zero-order valence-electron chi connectivity index (χ0n) is 9.61. The molecule has 1 fully saturated rings. The van der Waals surface area contributed by atoms with Crippen molar-refractivity contribution in [2.24, 2.45) is 0 Å². The maximum atomic E-state index is 12.2. The highest BCUT2D eigenvalue weighted by atomic mass is 35.5. The number of carbonyl (C=O) groups is 1. The van der Waals surface area contributed by atoms with Gasteiger partial charge in [0.1, 0.15) is 4.90 Å². The minimum Gasteiger partial charge on any atom is -0.399 e. The summed E-state index contributed by atoms with van der Waals surface area (Å²) < 4.78 is 26.8. The minimum atomic E-state index is -3.91. The Bertz CT molecular complexity index is 610. The molecular formula is C10H11Cl2N3O3S. The number of anilines is 1. The van der Waals surface area contributed by atoms with Crippen molar-refractivity contribution in [1.29, 1.82) is 0 Å². The van der Waals surface area contributed by atoms with Crippen LogP contribution in [0.5, 0.6) is 0 Å². The first-order valence-electron chi connectivity index (χ1n) is 5.33. The van der Waals surface area contributed by atoms with Crippen molar-refractivity contribution < 1.29 is 13.2 Å². The van der Waals surface area contributed by atoms with Crippen molar-refractivity contribution in [2.75, 3.05) is 12.3 Å². The zero-order chi connectivity index (χ0) is 14.2. The van der Waals surface area contributed by atoms with E-state index in [1.54, 1.807) is 0 Å². The molecule has 6 nitrogen and oxygen atoms in total. The second-order valence-corrected chi connectivity index (χ2v) is 6.61. The van der Waals surface area contributed by atoms with E-state index in [9.17, 15) is 13.2 Å². The van der Waals surface area contributed by atoms with Crippen molar-refractivity contribution in [3.05, 3.63) is 22.2 Å². The average Bonchev–Trinajstić information content (AvgIpc) is 2.60. The quantitative estimate of drug-likeness (QED) is 0.714. The minimum absolute atomic E-state index is 0.0604. The van der Waals surface area contributed by atoms with E-state index in [-0.39, 0.29) is 39.5 Å². The lowest BCUT2D eigenvalue weighted by Crippen LogP contribution is -2.36. The zero-order valence-corrected chi connectivity index (χ0v) is 11.9. The van der Waals surface area contributed by atoms with Crippen molar-refractivity contribution in [3.8, 4) is 0 Å². The van der Waals surface area contributed by atoms with Crippen molar-refractivity contribution in [1.82, 2.24) is 10.0 Å². The Morgan fingerprint density at radius 2 is 1.89 bits per heavy atom. The molecule has 1 aliphatic heterocycles. The molecule has 1 atom stereocenters. The van der Waals surface area contributed by atoms with E-state index in [0.29, 0.717) is 0 Å². The summed E-state index contributed by atoms with van der Waals surface area (Å²) in [7, 11) is -3.91. The van der Waals surface area contributed by atoms with Crippen LogP contribution in [0.4, 0.5) is 5.69 Å². The smallest absolute Gasteiger partial charge is 0.243 e. The van der Waals surface area contributed by atoms with Gasteiger partial charge in [-0.3, -0.25) is 4.79 Å². The third-order valence-corrected chi connectivity index (χ3v) is 5.03. The lowest BCUT2D eigenvalue weighted by Gasteiger charge is -2.14. The van der Waals surface area contributed by atoms with Crippen molar-refractivity contribution >= 4 is 44.8 Å². The highest BCUT2D eigenvalue weighted by Gasteiger charge is 2.29. The Labute approximate surface area is 120 Å². The first-order valence-corrected chi connectivity index (χ1v) is 7.57. The second kappa shape index (κ2) is 5.16. The van der Waals surface area contributed by atoms with Crippen LogP contribution in [0.2, 0.25) is 10.0 Å². The number of nitrogens with two attached hydrogens (primary N) is 1. The normalized spacial score (nSPS) is 19.5. The van der Waals surface area contributed by atoms with E-state index in [4.69, 9.17) is 28.9 Å². The van der Waals surface area contributed by atoms with E-state index in [1.807, 2.05) is 0 Å². The molecule has 1 unspecified atom stereocenters. The van der Waals surface area contributed by atoms with Gasteiger partial charge in [-0.1, -0.05) is 23.2 Å². The largest absolute Gasteiger partial charge is 0.399 e. The number of hydrogen-bond acceptors (Lipinski definition) is 4. The molecule has 4 N–H and O–H groups in total. The molecule has 19 heavy (non-hydrogen) atoms. The molecule has 1 aromatic carbocycles. The van der Waals surface area contributed by atoms with Crippen LogP contribution in [0, 0.1) is 0 Å². The number of hydrogen-bond donors (Lipinski definition) is 3. The number of nitrogens with one attached hydrogen (secondary N) is 2. The fourth-order valence-corrected chi connectivity index (χ4v) is 4.27. The first-order chi connectivity index (χ1) is 8.79. The maximum Gasteiger partial charge on any atom is 0.243 e. The average molecular weight is 324 g/mol. The Kier molecular flexibility index (Phi) is 3.91. The summed E-state index contributed by atoms with van der Waals surface area (Å²) in [5, 5.41) is 2.41. The number of rotatable bonds is 3. The molecule has 104 valence electrons. The van der Waals surface area contributed by atoms with E-state index in [2.05, 4.69) is 10.0 Å². The Hall–Kier alpha value is -1.02. The number of halogens is 2. The fraction of sp³-hybridized carbons (Fsp3) is 0.300. The molecule has 1 saturated heterocycles. The molecule has 0 radical (unpaired) electrons. The lowest BCUT2D eigenvalue weighted by molar-refractivity contribution is -0.119. The summed E-state index contributed by atoms with van der Waals surface area (Å²) in [6.07, 6.45) is 0.0867. The van der Waals surface area contributed by atoms with Crippen molar-refractivity contribution in [2.45, 2.75) is 17.4 Å². The summed E-state index contributed by atoms with van der Waals surface area (Å²) in [5.74, 6) is -0.206. The summed E-state index contributed by atoms with van der Waals surface area (Å²) in [6.45, 7) is 0.238. The number of amides is 1. The van der Waals surface area contributed by atoms with Gasteiger partial charge < -0.3 is 11.1 Å². The highest BCUT2D eigenvalue weighted by Crippen LogP contribution is 2.31. The Morgan fingerprint density at radius 3 is 2.37 bits per heavy atom. The summed E-state index contributed by atoms with van der Waals surface area (Å²) in [6, 6.07) is 2.10. The third-order valence-electron chi connectivity index (χ3n) is 2.59. The van der Waals surface area contributed by atoms with Gasteiger partial charge in [-0.25, -0.2) is 13.1 Å². The first kappa shape index (κ1) is 14.4. The number of benzene rings is 1. The van der Waals surface area contributed by atoms with Gasteiger partial charge in [0.05, 0.1) is 10.0 Å². The molecule has 9 heteroatoms. The molecule has 1 heterocycles. The molecule has 1 aromatic rings. The van der Waals surface area contributed by atoms with Crippen LogP contribution in [-0.4, -0.2) is 26.9 Å². The van der Waals surface area contributed by atoms with E-state index >= 15 is 0 Å². The number of carbonyl (C=O) groups excluding carboxylic acids is 1. The number of sulfonamides is 1. The summed E-state index contributed by atoms with van der Waals surface area (Å²) in [4.78, 5) is 10.8. The highest BCUT2D eigenvalue weighted by molar-refractivity contribution is 7.89. The topological polar surface area (TPSA) is 101 Å². The predicted molar refractivity (Wildman–Crippen MR) is 72.6 cm³/mol. The molecule has 2 rings (SSSR count). The van der Waals surface area contributed by atoms with Crippen LogP contribution >= 0.6 is 23.2 Å². The maximum absolute atomic E-state index is 12.2. The number of nitrogen functional groups attached to an aromatic ring is 1. The van der Waals surface area contributed by atoms with E-state index < -0.39 is 16.1 Å². The molecule has 0 aliphatic carbocycles. The van der Waals surface area contributed by atoms with Crippen LogP contribution in [-0.2, 0) is 14.8 Å². The Morgan fingerprint density at radius 1 is 1.32 bits per heavy atom. The van der Waals surface area contributed by atoms with Gasteiger partial charge in [0, 0.05) is 24.7 Å². The molecule has 1 amide bonds.